The number of rotatable bonds is 8. The molecule has 0 aliphatic heterocycles. The third-order valence-electron chi connectivity index (χ3n) is 4.10. The summed E-state index contributed by atoms with van der Waals surface area (Å²) in [6.07, 6.45) is 0. The Balaban J connectivity index is 1.56. The molecule has 0 fully saturated rings. The van der Waals surface area contributed by atoms with E-state index >= 15 is 0 Å². The van der Waals surface area contributed by atoms with Gasteiger partial charge in [-0.05, 0) is 28.8 Å². The van der Waals surface area contributed by atoms with E-state index in [0.717, 1.165) is 22.4 Å². The number of benzene rings is 3. The van der Waals surface area contributed by atoms with Crippen LogP contribution in [0.1, 0.15) is 22.7 Å². The van der Waals surface area contributed by atoms with Gasteiger partial charge >= 0.3 is 0 Å². The molecule has 0 aromatic heterocycles. The average Bonchev–Trinajstić information content (AvgIpc) is 2.69. The summed E-state index contributed by atoms with van der Waals surface area (Å²) in [5.74, 6) is 0.422. The number of amides is 1. The molecule has 0 aliphatic carbocycles. The molecular weight excluding hydrogens is 324 g/mol. The molecule has 26 heavy (non-hydrogen) atoms. The van der Waals surface area contributed by atoms with Gasteiger partial charge in [-0.25, -0.2) is 0 Å². The maximum absolute atomic E-state index is 11.7. The van der Waals surface area contributed by atoms with E-state index in [1.54, 1.807) is 0 Å². The van der Waals surface area contributed by atoms with Crippen molar-refractivity contribution >= 4 is 5.91 Å². The number of carbonyl (C=O) groups excluding carboxylic acids is 1. The normalized spacial score (nSPS) is 11.7. The van der Waals surface area contributed by atoms with Crippen LogP contribution >= 0.6 is 0 Å². The average molecular weight is 346 g/mol. The highest BCUT2D eigenvalue weighted by Crippen LogP contribution is 2.16. The predicted octanol–water partition coefficient (Wildman–Crippen LogP) is 3.58. The molecule has 0 saturated heterocycles. The highest BCUT2D eigenvalue weighted by Gasteiger charge is 2.16. The van der Waals surface area contributed by atoms with Gasteiger partial charge < -0.3 is 10.5 Å². The summed E-state index contributed by atoms with van der Waals surface area (Å²) in [6, 6.07) is 26.9. The molecule has 3 aromatic carbocycles. The lowest BCUT2D eigenvalue weighted by Gasteiger charge is -2.16. The lowest BCUT2D eigenvalue weighted by Crippen LogP contribution is -2.33. The topological polar surface area (TPSA) is 64.4 Å². The molecule has 1 unspecified atom stereocenters. The summed E-state index contributed by atoms with van der Waals surface area (Å²) >= 11 is 0. The fourth-order valence-corrected chi connectivity index (χ4v) is 2.69. The number of carbonyl (C=O) groups is 1. The number of nitrogens with one attached hydrogen (secondary N) is 1. The van der Waals surface area contributed by atoms with Crippen LogP contribution in [-0.4, -0.2) is 5.91 Å². The maximum Gasteiger partial charge on any atom is 0.239 e. The summed E-state index contributed by atoms with van der Waals surface area (Å²) in [7, 11) is 0. The van der Waals surface area contributed by atoms with Crippen LogP contribution in [0.4, 0.5) is 0 Å². The third kappa shape index (κ3) is 4.94. The second kappa shape index (κ2) is 8.83. The van der Waals surface area contributed by atoms with Crippen LogP contribution in [-0.2, 0) is 17.9 Å². The van der Waals surface area contributed by atoms with Gasteiger partial charge in [0, 0.05) is 6.54 Å². The first-order valence-corrected chi connectivity index (χ1v) is 8.56. The lowest BCUT2D eigenvalue weighted by atomic mass is 10.1. The quantitative estimate of drug-likeness (QED) is 0.655. The fraction of sp³-hybridized carbons (Fsp3) is 0.136. The molecule has 4 nitrogen and oxygen atoms in total. The van der Waals surface area contributed by atoms with Crippen LogP contribution in [0.2, 0.25) is 0 Å². The molecule has 1 atom stereocenters. The molecular formula is C22H22N2O2. The van der Waals surface area contributed by atoms with E-state index < -0.39 is 6.04 Å². The highest BCUT2D eigenvalue weighted by atomic mass is 16.5. The molecule has 3 rings (SSSR count). The van der Waals surface area contributed by atoms with Crippen LogP contribution in [0.15, 0.2) is 84.9 Å². The summed E-state index contributed by atoms with van der Waals surface area (Å²) in [6.45, 7) is 1.08. The summed E-state index contributed by atoms with van der Waals surface area (Å²) in [5.41, 5.74) is 8.58. The summed E-state index contributed by atoms with van der Waals surface area (Å²) in [5, 5.41) is 3.21. The number of primary amides is 1. The maximum atomic E-state index is 11.7. The van der Waals surface area contributed by atoms with Crippen molar-refractivity contribution in [3.05, 3.63) is 102 Å². The molecule has 1 amide bonds. The van der Waals surface area contributed by atoms with Gasteiger partial charge in [-0.1, -0.05) is 72.8 Å². The first-order valence-electron chi connectivity index (χ1n) is 8.56. The third-order valence-corrected chi connectivity index (χ3v) is 4.10. The monoisotopic (exact) mass is 346 g/mol. The molecule has 0 aliphatic rings. The van der Waals surface area contributed by atoms with Gasteiger partial charge in [-0.3, -0.25) is 10.1 Å². The Labute approximate surface area is 153 Å². The predicted molar refractivity (Wildman–Crippen MR) is 102 cm³/mol. The highest BCUT2D eigenvalue weighted by molar-refractivity contribution is 5.81. The molecule has 4 heteroatoms. The standard InChI is InChI=1S/C22H22N2O2/c23-22(25)21(19-9-5-2-6-10-19)24-15-17-11-13-20(14-12-17)26-16-18-7-3-1-4-8-18/h1-14,21,24H,15-16H2,(H2,23,25). The van der Waals surface area contributed by atoms with Crippen molar-refractivity contribution in [2.45, 2.75) is 19.2 Å². The summed E-state index contributed by atoms with van der Waals surface area (Å²) < 4.78 is 5.79. The van der Waals surface area contributed by atoms with E-state index in [9.17, 15) is 4.79 Å². The van der Waals surface area contributed by atoms with E-state index in [1.807, 2.05) is 84.9 Å². The fourth-order valence-electron chi connectivity index (χ4n) is 2.69. The SMILES string of the molecule is NC(=O)C(NCc1ccc(OCc2ccccc2)cc1)c1ccccc1. The van der Waals surface area contributed by atoms with Crippen molar-refractivity contribution in [3.8, 4) is 5.75 Å². The van der Waals surface area contributed by atoms with Crippen molar-refractivity contribution in [2.24, 2.45) is 5.73 Å². The number of hydrogen-bond donors (Lipinski definition) is 2. The van der Waals surface area contributed by atoms with Gasteiger partial charge in [0.05, 0.1) is 0 Å². The van der Waals surface area contributed by atoms with E-state index in [-0.39, 0.29) is 5.91 Å². The van der Waals surface area contributed by atoms with Crippen LogP contribution in [0, 0.1) is 0 Å². The molecule has 3 aromatic rings. The van der Waals surface area contributed by atoms with E-state index in [0.29, 0.717) is 13.2 Å². The van der Waals surface area contributed by atoms with Gasteiger partial charge in [-0.15, -0.1) is 0 Å². The van der Waals surface area contributed by atoms with Crippen LogP contribution in [0.5, 0.6) is 5.75 Å². The minimum absolute atomic E-state index is 0.390. The van der Waals surface area contributed by atoms with E-state index in [2.05, 4.69) is 5.32 Å². The minimum atomic E-state index is -0.509. The number of nitrogens with two attached hydrogens (primary N) is 1. The van der Waals surface area contributed by atoms with Crippen LogP contribution in [0.25, 0.3) is 0 Å². The van der Waals surface area contributed by atoms with Crippen molar-refractivity contribution in [2.75, 3.05) is 0 Å². The zero-order valence-corrected chi connectivity index (χ0v) is 14.5. The molecule has 132 valence electrons. The van der Waals surface area contributed by atoms with E-state index in [4.69, 9.17) is 10.5 Å². The lowest BCUT2D eigenvalue weighted by molar-refractivity contribution is -0.120. The second-order valence-electron chi connectivity index (χ2n) is 6.05. The first kappa shape index (κ1) is 17.7. The largest absolute Gasteiger partial charge is 0.489 e. The van der Waals surface area contributed by atoms with Crippen molar-refractivity contribution in [3.63, 3.8) is 0 Å². The Kier molecular flexibility index (Phi) is 6.01. The zero-order valence-electron chi connectivity index (χ0n) is 14.5. The van der Waals surface area contributed by atoms with Crippen LogP contribution < -0.4 is 15.8 Å². The van der Waals surface area contributed by atoms with Crippen molar-refractivity contribution < 1.29 is 9.53 Å². The first-order chi connectivity index (χ1) is 12.7. The smallest absolute Gasteiger partial charge is 0.239 e. The Morgan fingerprint density at radius 3 is 2.08 bits per heavy atom. The van der Waals surface area contributed by atoms with Gasteiger partial charge in [0.2, 0.25) is 5.91 Å². The van der Waals surface area contributed by atoms with Gasteiger partial charge in [0.25, 0.3) is 0 Å². The van der Waals surface area contributed by atoms with Crippen LogP contribution in [0.3, 0.4) is 0 Å². The Bertz CT molecular complexity index is 818. The second-order valence-corrected chi connectivity index (χ2v) is 6.05. The Morgan fingerprint density at radius 1 is 0.846 bits per heavy atom. The van der Waals surface area contributed by atoms with Gasteiger partial charge in [0.15, 0.2) is 0 Å². The number of ether oxygens (including phenoxy) is 1. The Morgan fingerprint density at radius 2 is 1.46 bits per heavy atom. The molecule has 0 spiro atoms. The molecule has 0 heterocycles. The molecule has 3 N–H and O–H groups in total. The zero-order chi connectivity index (χ0) is 18.2. The van der Waals surface area contributed by atoms with Crippen molar-refractivity contribution in [1.82, 2.24) is 5.32 Å². The van der Waals surface area contributed by atoms with E-state index in [1.165, 1.54) is 0 Å². The van der Waals surface area contributed by atoms with Gasteiger partial charge in [-0.2, -0.15) is 0 Å². The minimum Gasteiger partial charge on any atom is -0.489 e. The molecule has 0 saturated carbocycles. The Hall–Kier alpha value is -3.11. The molecule has 0 radical (unpaired) electrons. The number of hydrogen-bond acceptors (Lipinski definition) is 3. The van der Waals surface area contributed by atoms with Gasteiger partial charge in [0.1, 0.15) is 18.4 Å². The summed E-state index contributed by atoms with van der Waals surface area (Å²) in [4.78, 5) is 11.7. The molecule has 0 bridgehead atoms. The van der Waals surface area contributed by atoms with Crippen molar-refractivity contribution in [1.29, 1.82) is 0 Å².